The van der Waals surface area contributed by atoms with Crippen LogP contribution in [0.2, 0.25) is 0 Å². The van der Waals surface area contributed by atoms with Crippen LogP contribution in [0.15, 0.2) is 42.5 Å². The lowest BCUT2D eigenvalue weighted by atomic mass is 9.95. The molecule has 1 heterocycles. The summed E-state index contributed by atoms with van der Waals surface area (Å²) in [6.45, 7) is 6.89. The van der Waals surface area contributed by atoms with E-state index in [4.69, 9.17) is 4.74 Å². The van der Waals surface area contributed by atoms with Crippen molar-refractivity contribution in [1.82, 2.24) is 4.90 Å². The number of hydrogen-bond acceptors (Lipinski definition) is 4. The van der Waals surface area contributed by atoms with Gasteiger partial charge in [-0.05, 0) is 74.2 Å². The van der Waals surface area contributed by atoms with Crippen molar-refractivity contribution < 1.29 is 14.3 Å². The van der Waals surface area contributed by atoms with E-state index in [0.29, 0.717) is 18.7 Å². The molecule has 0 aromatic heterocycles. The van der Waals surface area contributed by atoms with Gasteiger partial charge in [-0.3, -0.25) is 9.59 Å². The number of benzene rings is 2. The topological polar surface area (TPSA) is 49.9 Å². The summed E-state index contributed by atoms with van der Waals surface area (Å²) in [6, 6.07) is 13.8. The van der Waals surface area contributed by atoms with Gasteiger partial charge in [-0.25, -0.2) is 0 Å². The number of aryl methyl sites for hydroxylation is 2. The average Bonchev–Trinajstić information content (AvgIpc) is 2.72. The third-order valence-corrected chi connectivity index (χ3v) is 5.51. The number of ether oxygens (including phenoxy) is 1. The van der Waals surface area contributed by atoms with Crippen LogP contribution in [-0.2, 0) is 4.79 Å². The van der Waals surface area contributed by atoms with E-state index in [9.17, 15) is 9.59 Å². The molecule has 1 aliphatic heterocycles. The van der Waals surface area contributed by atoms with E-state index >= 15 is 0 Å². The molecule has 1 saturated heterocycles. The molecule has 29 heavy (non-hydrogen) atoms. The fourth-order valence-corrected chi connectivity index (χ4v) is 3.89. The van der Waals surface area contributed by atoms with Crippen LogP contribution < -0.4 is 9.64 Å². The normalized spacial score (nSPS) is 14.5. The second kappa shape index (κ2) is 9.59. The molecule has 5 nitrogen and oxygen atoms in total. The highest BCUT2D eigenvalue weighted by molar-refractivity contribution is 5.79. The van der Waals surface area contributed by atoms with Gasteiger partial charge in [0.25, 0.3) is 0 Å². The number of likely N-dealkylation sites (N-methyl/N-ethyl adjacent to an activating group) is 1. The molecule has 0 aliphatic carbocycles. The van der Waals surface area contributed by atoms with Gasteiger partial charge in [0.2, 0.25) is 5.91 Å². The maximum Gasteiger partial charge on any atom is 0.225 e. The molecular formula is C24H30N2O3. The monoisotopic (exact) mass is 394 g/mol. The zero-order chi connectivity index (χ0) is 20.8. The summed E-state index contributed by atoms with van der Waals surface area (Å²) < 4.78 is 5.84. The van der Waals surface area contributed by atoms with E-state index in [0.717, 1.165) is 43.7 Å². The van der Waals surface area contributed by atoms with Gasteiger partial charge in [0.15, 0.2) is 0 Å². The van der Waals surface area contributed by atoms with Gasteiger partial charge in [0, 0.05) is 37.3 Å². The van der Waals surface area contributed by atoms with Gasteiger partial charge in [0.05, 0.1) is 6.54 Å². The standard InChI is InChI=1S/C24H30N2O3/c1-18-14-19(2)16-23(15-18)29-13-12-25(3)24(28)21-8-10-26(11-9-21)22-6-4-20(17-27)5-7-22/h4-7,14-17,21H,8-13H2,1-3H3. The van der Waals surface area contributed by atoms with Crippen LogP contribution in [0.3, 0.4) is 0 Å². The van der Waals surface area contributed by atoms with Crippen LogP contribution in [0.5, 0.6) is 5.75 Å². The second-order valence-electron chi connectivity index (χ2n) is 7.90. The van der Waals surface area contributed by atoms with Gasteiger partial charge in [-0.15, -0.1) is 0 Å². The van der Waals surface area contributed by atoms with Crippen molar-refractivity contribution in [2.45, 2.75) is 26.7 Å². The quantitative estimate of drug-likeness (QED) is 0.669. The van der Waals surface area contributed by atoms with Gasteiger partial charge < -0.3 is 14.5 Å². The number of piperidine rings is 1. The summed E-state index contributed by atoms with van der Waals surface area (Å²) in [6.07, 6.45) is 2.54. The zero-order valence-electron chi connectivity index (χ0n) is 17.6. The average molecular weight is 395 g/mol. The molecule has 1 fully saturated rings. The summed E-state index contributed by atoms with van der Waals surface area (Å²) in [7, 11) is 1.86. The summed E-state index contributed by atoms with van der Waals surface area (Å²) in [5.41, 5.74) is 4.15. The molecule has 0 spiro atoms. The SMILES string of the molecule is Cc1cc(C)cc(OCCN(C)C(=O)C2CCN(c3ccc(C=O)cc3)CC2)c1. The molecule has 5 heteroatoms. The summed E-state index contributed by atoms with van der Waals surface area (Å²) in [5, 5.41) is 0. The Hall–Kier alpha value is -2.82. The van der Waals surface area contributed by atoms with E-state index in [-0.39, 0.29) is 11.8 Å². The minimum atomic E-state index is 0.0618. The Morgan fingerprint density at radius 3 is 2.31 bits per heavy atom. The third kappa shape index (κ3) is 5.59. The van der Waals surface area contributed by atoms with E-state index < -0.39 is 0 Å². The van der Waals surface area contributed by atoms with Crippen molar-refractivity contribution in [1.29, 1.82) is 0 Å². The predicted octanol–water partition coefficient (Wildman–Crippen LogP) is 3.87. The maximum absolute atomic E-state index is 12.8. The first kappa shape index (κ1) is 20.9. The van der Waals surface area contributed by atoms with E-state index in [1.54, 1.807) is 4.90 Å². The number of aldehydes is 1. The van der Waals surface area contributed by atoms with Gasteiger partial charge in [0.1, 0.15) is 18.6 Å². The predicted molar refractivity (Wildman–Crippen MR) is 116 cm³/mol. The number of rotatable bonds is 7. The highest BCUT2D eigenvalue weighted by atomic mass is 16.5. The highest BCUT2D eigenvalue weighted by Gasteiger charge is 2.27. The van der Waals surface area contributed by atoms with Gasteiger partial charge in [-0.1, -0.05) is 6.07 Å². The van der Waals surface area contributed by atoms with Crippen molar-refractivity contribution >= 4 is 17.9 Å². The van der Waals surface area contributed by atoms with E-state index in [1.165, 1.54) is 11.1 Å². The van der Waals surface area contributed by atoms with Crippen LogP contribution in [0.25, 0.3) is 0 Å². The fourth-order valence-electron chi connectivity index (χ4n) is 3.89. The highest BCUT2D eigenvalue weighted by Crippen LogP contribution is 2.24. The molecule has 3 rings (SSSR count). The van der Waals surface area contributed by atoms with Crippen LogP contribution in [0.1, 0.15) is 34.3 Å². The summed E-state index contributed by atoms with van der Waals surface area (Å²) in [4.78, 5) is 27.7. The lowest BCUT2D eigenvalue weighted by molar-refractivity contribution is -0.135. The van der Waals surface area contributed by atoms with Gasteiger partial charge >= 0.3 is 0 Å². The fraction of sp³-hybridized carbons (Fsp3) is 0.417. The Morgan fingerprint density at radius 1 is 1.10 bits per heavy atom. The first-order valence-corrected chi connectivity index (χ1v) is 10.2. The van der Waals surface area contributed by atoms with Gasteiger partial charge in [-0.2, -0.15) is 0 Å². The Bertz CT molecular complexity index is 819. The zero-order valence-corrected chi connectivity index (χ0v) is 17.6. The second-order valence-corrected chi connectivity index (χ2v) is 7.90. The number of anilines is 1. The molecule has 0 unspecified atom stereocenters. The van der Waals surface area contributed by atoms with Crippen molar-refractivity contribution in [2.75, 3.05) is 38.2 Å². The number of carbonyl (C=O) groups is 2. The molecule has 154 valence electrons. The Labute approximate surface area is 173 Å². The third-order valence-electron chi connectivity index (χ3n) is 5.51. The van der Waals surface area contributed by atoms with Crippen LogP contribution in [0.4, 0.5) is 5.69 Å². The Morgan fingerprint density at radius 2 is 1.72 bits per heavy atom. The largest absolute Gasteiger partial charge is 0.492 e. The van der Waals surface area contributed by atoms with Crippen LogP contribution >= 0.6 is 0 Å². The number of hydrogen-bond donors (Lipinski definition) is 0. The number of nitrogens with zero attached hydrogens (tertiary/aromatic N) is 2. The minimum absolute atomic E-state index is 0.0618. The molecule has 1 aliphatic rings. The molecule has 1 amide bonds. The van der Waals surface area contributed by atoms with Crippen LogP contribution in [-0.4, -0.2) is 50.4 Å². The molecule has 0 N–H and O–H groups in total. The number of carbonyl (C=O) groups excluding carboxylic acids is 2. The molecular weight excluding hydrogens is 364 g/mol. The smallest absolute Gasteiger partial charge is 0.225 e. The Balaban J connectivity index is 1.44. The summed E-state index contributed by atoms with van der Waals surface area (Å²) >= 11 is 0. The number of amides is 1. The first-order valence-electron chi connectivity index (χ1n) is 10.2. The molecule has 0 atom stereocenters. The van der Waals surface area contributed by atoms with E-state index in [2.05, 4.69) is 24.8 Å². The minimum Gasteiger partial charge on any atom is -0.492 e. The lowest BCUT2D eigenvalue weighted by Crippen LogP contribution is -2.42. The molecule has 0 saturated carbocycles. The lowest BCUT2D eigenvalue weighted by Gasteiger charge is -2.34. The van der Waals surface area contributed by atoms with Crippen molar-refractivity contribution in [3.05, 3.63) is 59.2 Å². The van der Waals surface area contributed by atoms with Crippen LogP contribution in [0, 0.1) is 19.8 Å². The summed E-state index contributed by atoms with van der Waals surface area (Å²) in [5.74, 6) is 1.12. The molecule has 2 aromatic rings. The molecule has 2 aromatic carbocycles. The van der Waals surface area contributed by atoms with E-state index in [1.807, 2.05) is 43.4 Å². The Kier molecular flexibility index (Phi) is 6.91. The van der Waals surface area contributed by atoms with Crippen molar-refractivity contribution in [3.63, 3.8) is 0 Å². The van der Waals surface area contributed by atoms with Crippen molar-refractivity contribution in [2.24, 2.45) is 5.92 Å². The molecule has 0 radical (unpaired) electrons. The van der Waals surface area contributed by atoms with Crippen molar-refractivity contribution in [3.8, 4) is 5.75 Å². The molecule has 0 bridgehead atoms. The maximum atomic E-state index is 12.8. The first-order chi connectivity index (χ1) is 14.0.